The number of methoxy groups -OCH3 is 1. The zero-order valence-electron chi connectivity index (χ0n) is 17.6. The Morgan fingerprint density at radius 3 is 1.94 bits per heavy atom. The predicted molar refractivity (Wildman–Crippen MR) is 127 cm³/mol. The minimum atomic E-state index is 0.829. The van der Waals surface area contributed by atoms with Gasteiger partial charge in [-0.1, -0.05) is 18.2 Å². The summed E-state index contributed by atoms with van der Waals surface area (Å²) in [5.74, 6) is 0.829. The van der Waals surface area contributed by atoms with Crippen molar-refractivity contribution >= 4 is 23.8 Å². The lowest BCUT2D eigenvalue weighted by Gasteiger charge is -2.11. The first-order valence-electron chi connectivity index (χ1n) is 10.6. The molecular formula is C27H22N4O. The highest BCUT2D eigenvalue weighted by Crippen LogP contribution is 2.28. The third-order valence-corrected chi connectivity index (χ3v) is 5.73. The van der Waals surface area contributed by atoms with Crippen molar-refractivity contribution < 1.29 is 4.74 Å². The fourth-order valence-corrected chi connectivity index (χ4v) is 4.27. The van der Waals surface area contributed by atoms with Crippen LogP contribution in [0.1, 0.15) is 28.3 Å². The summed E-state index contributed by atoms with van der Waals surface area (Å²) in [6.45, 7) is 0. The monoisotopic (exact) mass is 418 g/mol. The minimum absolute atomic E-state index is 0.829. The summed E-state index contributed by atoms with van der Waals surface area (Å²) in [7, 11) is 1.71. The molecule has 5 heteroatoms. The zero-order chi connectivity index (χ0) is 21.5. The Bertz CT molecular complexity index is 1670. The lowest BCUT2D eigenvalue weighted by atomic mass is 10.0. The summed E-state index contributed by atoms with van der Waals surface area (Å²) >= 11 is 0. The molecule has 0 unspecified atom stereocenters. The first kappa shape index (κ1) is 18.4. The van der Waals surface area contributed by atoms with Gasteiger partial charge in [-0.2, -0.15) is 0 Å². The van der Waals surface area contributed by atoms with Crippen LogP contribution in [0.25, 0.3) is 23.8 Å². The fraction of sp³-hybridized carbons (Fsp3) is 0.0370. The van der Waals surface area contributed by atoms with Crippen LogP contribution in [0, 0.1) is 0 Å². The van der Waals surface area contributed by atoms with Crippen LogP contribution >= 0.6 is 0 Å². The van der Waals surface area contributed by atoms with E-state index in [0.29, 0.717) is 0 Å². The van der Waals surface area contributed by atoms with Gasteiger partial charge in [0.05, 0.1) is 7.11 Å². The molecule has 8 bridgehead atoms. The maximum Gasteiger partial charge on any atom is 0.126 e. The van der Waals surface area contributed by atoms with Crippen molar-refractivity contribution in [3.63, 3.8) is 0 Å². The summed E-state index contributed by atoms with van der Waals surface area (Å²) in [6, 6.07) is 24.9. The van der Waals surface area contributed by atoms with Gasteiger partial charge in [0.2, 0.25) is 0 Å². The van der Waals surface area contributed by atoms with E-state index in [1.54, 1.807) is 7.11 Å². The second-order valence-corrected chi connectivity index (χ2v) is 7.90. The van der Waals surface area contributed by atoms with Gasteiger partial charge in [0.15, 0.2) is 0 Å². The molecule has 0 saturated carbocycles. The summed E-state index contributed by atoms with van der Waals surface area (Å²) < 4.78 is 5.70. The van der Waals surface area contributed by atoms with Gasteiger partial charge in [-0.3, -0.25) is 0 Å². The number of aromatic amines is 4. The van der Waals surface area contributed by atoms with E-state index in [9.17, 15) is 0 Å². The van der Waals surface area contributed by atoms with Gasteiger partial charge in [0.1, 0.15) is 5.75 Å². The molecule has 1 aromatic carbocycles. The first-order valence-corrected chi connectivity index (χ1v) is 10.6. The van der Waals surface area contributed by atoms with Gasteiger partial charge >= 0.3 is 0 Å². The molecule has 1 aliphatic rings. The standard InChI is InChI=1S/C27H22N4O/c1-32-26-5-3-2-4-23(26)27-24-12-10-21(30-24)15-19-8-6-17(28-19)14-18-7-9-20(29-18)16-22-11-13-25(27)31-22/h2-16,28-31H,1H3. The molecule has 0 atom stereocenters. The Labute approximate surface area is 184 Å². The van der Waals surface area contributed by atoms with Crippen LogP contribution in [0.4, 0.5) is 0 Å². The summed E-state index contributed by atoms with van der Waals surface area (Å²) in [5, 5.41) is 4.12. The molecule has 4 N–H and O–H groups in total. The molecule has 5 nitrogen and oxygen atoms in total. The summed E-state index contributed by atoms with van der Waals surface area (Å²) in [5.41, 5.74) is 6.21. The van der Waals surface area contributed by atoms with Gasteiger partial charge in [0.25, 0.3) is 0 Å². The number of rotatable bonds is 2. The van der Waals surface area contributed by atoms with Crippen LogP contribution in [0.5, 0.6) is 5.75 Å². The Hall–Kier alpha value is -4.38. The number of nitrogens with one attached hydrogen (secondary N) is 4. The van der Waals surface area contributed by atoms with Crippen LogP contribution in [0.15, 0.2) is 72.8 Å². The fourth-order valence-electron chi connectivity index (χ4n) is 4.27. The maximum absolute atomic E-state index is 5.70. The van der Waals surface area contributed by atoms with E-state index in [0.717, 1.165) is 61.1 Å². The van der Waals surface area contributed by atoms with Crippen molar-refractivity contribution in [2.24, 2.45) is 0 Å². The molecule has 156 valence electrons. The van der Waals surface area contributed by atoms with E-state index in [1.165, 1.54) is 0 Å². The van der Waals surface area contributed by atoms with Crippen molar-refractivity contribution in [1.82, 2.24) is 19.9 Å². The first-order chi connectivity index (χ1) is 15.7. The van der Waals surface area contributed by atoms with Crippen LogP contribution in [0.3, 0.4) is 0 Å². The molecule has 0 fully saturated rings. The van der Waals surface area contributed by atoms with Gasteiger partial charge in [-0.25, -0.2) is 0 Å². The predicted octanol–water partition coefficient (Wildman–Crippen LogP) is 2.05. The van der Waals surface area contributed by atoms with Crippen molar-refractivity contribution in [1.29, 1.82) is 0 Å². The van der Waals surface area contributed by atoms with Crippen LogP contribution in [0.2, 0.25) is 0 Å². The van der Waals surface area contributed by atoms with Crippen LogP contribution in [-0.4, -0.2) is 27.0 Å². The van der Waals surface area contributed by atoms with Crippen LogP contribution in [-0.2, 0) is 0 Å². The molecule has 6 rings (SSSR count). The van der Waals surface area contributed by atoms with E-state index in [4.69, 9.17) is 4.74 Å². The van der Waals surface area contributed by atoms with Gasteiger partial charge < -0.3 is 24.7 Å². The van der Waals surface area contributed by atoms with E-state index >= 15 is 0 Å². The quantitative estimate of drug-likeness (QED) is 0.342. The number of hydrogen-bond acceptors (Lipinski definition) is 1. The highest BCUT2D eigenvalue weighted by atomic mass is 16.5. The average molecular weight is 419 g/mol. The molecule has 5 heterocycles. The number of aromatic nitrogens is 4. The molecule has 0 spiro atoms. The Morgan fingerprint density at radius 1 is 0.562 bits per heavy atom. The second-order valence-electron chi connectivity index (χ2n) is 7.90. The molecule has 1 aliphatic heterocycles. The normalized spacial score (nSPS) is 12.6. The third kappa shape index (κ3) is 3.30. The maximum atomic E-state index is 5.70. The SMILES string of the molecule is COc1ccccc1C1=c2ccc([nH]2)=Cc2ccc([nH]2)C=c2ccc([nH]2)=Cc2ccc1[nH]2. The zero-order valence-corrected chi connectivity index (χ0v) is 17.6. The number of benzene rings is 1. The van der Waals surface area contributed by atoms with E-state index in [-0.39, 0.29) is 0 Å². The molecule has 4 aromatic heterocycles. The Morgan fingerprint density at radius 2 is 1.19 bits per heavy atom. The topological polar surface area (TPSA) is 72.4 Å². The van der Waals surface area contributed by atoms with E-state index < -0.39 is 0 Å². The van der Waals surface area contributed by atoms with Crippen molar-refractivity contribution in [3.8, 4) is 5.75 Å². The number of fused-ring (bicyclic) bond motifs is 8. The molecule has 32 heavy (non-hydrogen) atoms. The van der Waals surface area contributed by atoms with Gasteiger partial charge in [-0.05, 0) is 72.8 Å². The molecule has 0 aliphatic carbocycles. The second kappa shape index (κ2) is 7.39. The smallest absolute Gasteiger partial charge is 0.126 e. The molecule has 0 amide bonds. The molecule has 0 radical (unpaired) electrons. The molecular weight excluding hydrogens is 396 g/mol. The van der Waals surface area contributed by atoms with E-state index in [2.05, 4.69) is 92.8 Å². The number of ether oxygens (including phenoxy) is 1. The number of H-pyrrole nitrogens is 4. The van der Waals surface area contributed by atoms with Crippen LogP contribution < -0.4 is 26.1 Å². The lowest BCUT2D eigenvalue weighted by molar-refractivity contribution is 0.413. The summed E-state index contributed by atoms with van der Waals surface area (Å²) in [4.78, 5) is 14.1. The van der Waals surface area contributed by atoms with Crippen molar-refractivity contribution in [2.45, 2.75) is 0 Å². The lowest BCUT2D eigenvalue weighted by Crippen LogP contribution is -2.15. The van der Waals surface area contributed by atoms with Gasteiger partial charge in [0, 0.05) is 55.3 Å². The molecule has 5 aromatic rings. The van der Waals surface area contributed by atoms with Crippen molar-refractivity contribution in [3.05, 3.63) is 123 Å². The van der Waals surface area contributed by atoms with Gasteiger partial charge in [-0.15, -0.1) is 0 Å². The third-order valence-electron chi connectivity index (χ3n) is 5.73. The largest absolute Gasteiger partial charge is 0.496 e. The average Bonchev–Trinajstić information content (AvgIpc) is 3.60. The van der Waals surface area contributed by atoms with E-state index in [1.807, 2.05) is 18.2 Å². The Kier molecular flexibility index (Phi) is 4.25. The highest BCUT2D eigenvalue weighted by molar-refractivity contribution is 5.81. The van der Waals surface area contributed by atoms with Crippen molar-refractivity contribution in [2.75, 3.05) is 7.11 Å². The number of para-hydroxylation sites is 1. The summed E-state index contributed by atoms with van der Waals surface area (Å²) in [6.07, 6.45) is 6.33. The molecule has 0 saturated heterocycles. The number of hydrogen-bond donors (Lipinski definition) is 4. The highest BCUT2D eigenvalue weighted by Gasteiger charge is 2.14. The Balaban J connectivity index is 1.68. The minimum Gasteiger partial charge on any atom is -0.496 e.